The molecule has 2 unspecified atom stereocenters. The topological polar surface area (TPSA) is 24.5 Å². The Balaban J connectivity index is 2.13. The van der Waals surface area contributed by atoms with Crippen LogP contribution in [0, 0.1) is 5.92 Å². The first-order chi connectivity index (χ1) is 9.97. The van der Waals surface area contributed by atoms with Gasteiger partial charge in [0.15, 0.2) is 0 Å². The third-order valence-electron chi connectivity index (χ3n) is 4.13. The second kappa shape index (κ2) is 7.28. The van der Waals surface area contributed by atoms with Crippen LogP contribution < -0.4 is 10.1 Å². The Morgan fingerprint density at radius 1 is 1.29 bits per heavy atom. The quantitative estimate of drug-likeness (QED) is 0.868. The van der Waals surface area contributed by atoms with Crippen LogP contribution in [0.25, 0.3) is 0 Å². The average Bonchev–Trinajstić information content (AvgIpc) is 2.77. The molecule has 3 heteroatoms. The van der Waals surface area contributed by atoms with Crippen molar-refractivity contribution in [3.63, 3.8) is 0 Å². The molecule has 21 heavy (non-hydrogen) atoms. The predicted octanol–water partition coefficient (Wildman–Crippen LogP) is 3.46. The highest BCUT2D eigenvalue weighted by molar-refractivity contribution is 5.31. The molecule has 2 rings (SSSR count). The van der Waals surface area contributed by atoms with Crippen LogP contribution >= 0.6 is 0 Å². The summed E-state index contributed by atoms with van der Waals surface area (Å²) in [5.74, 6) is 1.66. The van der Waals surface area contributed by atoms with Crippen LogP contribution in [0.1, 0.15) is 45.7 Å². The van der Waals surface area contributed by atoms with Gasteiger partial charge >= 0.3 is 0 Å². The van der Waals surface area contributed by atoms with Crippen LogP contribution in [0.5, 0.6) is 5.75 Å². The number of hydrogen-bond acceptors (Lipinski definition) is 3. The minimum Gasteiger partial charge on any atom is -0.491 e. The Kier molecular flexibility index (Phi) is 5.65. The summed E-state index contributed by atoms with van der Waals surface area (Å²) in [6.45, 7) is 10.8. The van der Waals surface area contributed by atoms with Gasteiger partial charge in [0.05, 0.1) is 6.10 Å². The monoisotopic (exact) mass is 290 g/mol. The van der Waals surface area contributed by atoms with E-state index in [4.69, 9.17) is 4.74 Å². The van der Waals surface area contributed by atoms with Crippen LogP contribution in [-0.4, -0.2) is 37.2 Å². The van der Waals surface area contributed by atoms with Crippen LogP contribution in [0.2, 0.25) is 0 Å². The molecule has 0 amide bonds. The van der Waals surface area contributed by atoms with E-state index >= 15 is 0 Å². The molecular weight excluding hydrogens is 260 g/mol. The van der Waals surface area contributed by atoms with Gasteiger partial charge in [-0.3, -0.25) is 4.90 Å². The second-order valence-corrected chi connectivity index (χ2v) is 6.78. The molecule has 0 bridgehead atoms. The van der Waals surface area contributed by atoms with E-state index in [1.54, 1.807) is 0 Å². The maximum Gasteiger partial charge on any atom is 0.120 e. The number of hydrogen-bond donors (Lipinski definition) is 1. The van der Waals surface area contributed by atoms with Gasteiger partial charge in [-0.25, -0.2) is 0 Å². The van der Waals surface area contributed by atoms with Crippen molar-refractivity contribution in [2.24, 2.45) is 5.92 Å². The number of nitrogens with zero attached hydrogens (tertiary/aromatic N) is 1. The molecule has 1 saturated heterocycles. The van der Waals surface area contributed by atoms with E-state index in [1.807, 2.05) is 0 Å². The molecule has 1 aliphatic heterocycles. The highest BCUT2D eigenvalue weighted by Crippen LogP contribution is 2.37. The summed E-state index contributed by atoms with van der Waals surface area (Å²) < 4.78 is 5.85. The molecule has 1 N–H and O–H groups in total. The summed E-state index contributed by atoms with van der Waals surface area (Å²) in [6, 6.07) is 9.67. The summed E-state index contributed by atoms with van der Waals surface area (Å²) >= 11 is 0. The van der Waals surface area contributed by atoms with E-state index in [2.05, 4.69) is 69.2 Å². The van der Waals surface area contributed by atoms with E-state index in [9.17, 15) is 0 Å². The van der Waals surface area contributed by atoms with Crippen molar-refractivity contribution in [1.29, 1.82) is 0 Å². The van der Waals surface area contributed by atoms with Crippen LogP contribution in [0.4, 0.5) is 0 Å². The van der Waals surface area contributed by atoms with Crippen molar-refractivity contribution < 1.29 is 4.74 Å². The first-order valence-corrected chi connectivity index (χ1v) is 8.17. The number of ether oxygens (including phenoxy) is 1. The fraction of sp³-hybridized carbons (Fsp3) is 0.667. The van der Waals surface area contributed by atoms with E-state index in [1.165, 1.54) is 18.5 Å². The molecule has 0 spiro atoms. The minimum absolute atomic E-state index is 0.222. The molecule has 0 radical (unpaired) electrons. The van der Waals surface area contributed by atoms with Gasteiger partial charge in [0, 0.05) is 18.6 Å². The number of likely N-dealkylation sites (tertiary alicyclic amines) is 1. The highest BCUT2D eigenvalue weighted by atomic mass is 16.5. The Labute approximate surface area is 129 Å². The molecule has 0 saturated carbocycles. The highest BCUT2D eigenvalue weighted by Gasteiger charge is 2.32. The Hall–Kier alpha value is -1.06. The zero-order chi connectivity index (χ0) is 15.4. The summed E-state index contributed by atoms with van der Waals surface area (Å²) in [5, 5.41) is 3.60. The van der Waals surface area contributed by atoms with Gasteiger partial charge in [-0.15, -0.1) is 0 Å². The summed E-state index contributed by atoms with van der Waals surface area (Å²) in [7, 11) is 2.23. The lowest BCUT2D eigenvalue weighted by Gasteiger charge is -2.27. The Bertz CT molecular complexity index is 445. The lowest BCUT2D eigenvalue weighted by atomic mass is 9.93. The largest absolute Gasteiger partial charge is 0.491 e. The minimum atomic E-state index is 0.222. The molecule has 1 heterocycles. The maximum absolute atomic E-state index is 5.85. The lowest BCUT2D eigenvalue weighted by molar-refractivity contribution is 0.239. The molecule has 1 aromatic carbocycles. The fourth-order valence-corrected chi connectivity index (χ4v) is 3.20. The van der Waals surface area contributed by atoms with Gasteiger partial charge in [0.25, 0.3) is 0 Å². The van der Waals surface area contributed by atoms with E-state index in [-0.39, 0.29) is 6.10 Å². The number of nitrogens with one attached hydrogen (secondary N) is 1. The first kappa shape index (κ1) is 16.3. The molecule has 0 aromatic heterocycles. The van der Waals surface area contributed by atoms with E-state index < -0.39 is 0 Å². The van der Waals surface area contributed by atoms with Gasteiger partial charge < -0.3 is 10.1 Å². The average molecular weight is 290 g/mol. The molecule has 2 atom stereocenters. The second-order valence-electron chi connectivity index (χ2n) is 6.78. The molecule has 1 fully saturated rings. The maximum atomic E-state index is 5.85. The molecule has 0 aliphatic carbocycles. The molecule has 118 valence electrons. The lowest BCUT2D eigenvalue weighted by Crippen LogP contribution is -2.32. The third-order valence-corrected chi connectivity index (χ3v) is 4.13. The van der Waals surface area contributed by atoms with E-state index in [0.29, 0.717) is 18.0 Å². The standard InChI is InChI=1S/C18H30N2O/c1-13(2)19-12-16-9-10-20(5)18(16)15-7-6-8-17(11-15)21-14(3)4/h6-8,11,13-14,16,18-19H,9-10,12H2,1-5H3. The summed E-state index contributed by atoms with van der Waals surface area (Å²) in [5.41, 5.74) is 1.38. The number of benzene rings is 1. The Morgan fingerprint density at radius 2 is 2.05 bits per heavy atom. The van der Waals surface area contributed by atoms with Gasteiger partial charge in [-0.05, 0) is 57.5 Å². The van der Waals surface area contributed by atoms with Crippen molar-refractivity contribution in [2.75, 3.05) is 20.1 Å². The normalized spacial score (nSPS) is 23.2. The fourth-order valence-electron chi connectivity index (χ4n) is 3.20. The smallest absolute Gasteiger partial charge is 0.120 e. The molecular formula is C18H30N2O. The number of rotatable bonds is 6. The molecule has 1 aromatic rings. The van der Waals surface area contributed by atoms with Crippen molar-refractivity contribution >= 4 is 0 Å². The van der Waals surface area contributed by atoms with Gasteiger partial charge in [-0.2, -0.15) is 0 Å². The van der Waals surface area contributed by atoms with E-state index in [0.717, 1.165) is 12.3 Å². The van der Waals surface area contributed by atoms with Gasteiger partial charge in [0.1, 0.15) is 5.75 Å². The Morgan fingerprint density at radius 3 is 2.71 bits per heavy atom. The predicted molar refractivity (Wildman–Crippen MR) is 88.8 cm³/mol. The van der Waals surface area contributed by atoms with Crippen molar-refractivity contribution in [3.8, 4) is 5.75 Å². The summed E-state index contributed by atoms with van der Waals surface area (Å²) in [6.07, 6.45) is 1.48. The zero-order valence-electron chi connectivity index (χ0n) is 14.1. The van der Waals surface area contributed by atoms with Gasteiger partial charge in [0.2, 0.25) is 0 Å². The zero-order valence-corrected chi connectivity index (χ0v) is 14.1. The van der Waals surface area contributed by atoms with Crippen molar-refractivity contribution in [1.82, 2.24) is 10.2 Å². The van der Waals surface area contributed by atoms with Crippen LogP contribution in [-0.2, 0) is 0 Å². The van der Waals surface area contributed by atoms with Gasteiger partial charge in [-0.1, -0.05) is 26.0 Å². The first-order valence-electron chi connectivity index (χ1n) is 8.17. The van der Waals surface area contributed by atoms with Crippen molar-refractivity contribution in [2.45, 2.75) is 52.3 Å². The SMILES string of the molecule is CC(C)NCC1CCN(C)C1c1cccc(OC(C)C)c1. The summed E-state index contributed by atoms with van der Waals surface area (Å²) in [4.78, 5) is 2.47. The van der Waals surface area contributed by atoms with Crippen LogP contribution in [0.3, 0.4) is 0 Å². The third kappa shape index (κ3) is 4.45. The van der Waals surface area contributed by atoms with Crippen molar-refractivity contribution in [3.05, 3.63) is 29.8 Å². The van der Waals surface area contributed by atoms with Crippen LogP contribution in [0.15, 0.2) is 24.3 Å². The molecule has 1 aliphatic rings. The molecule has 3 nitrogen and oxygen atoms in total.